The molecule has 9 nitrogen and oxygen atoms in total. The van der Waals surface area contributed by atoms with E-state index in [1.54, 1.807) is 0 Å². The molecule has 4 aliphatic carbocycles. The molecule has 13 heteroatoms. The number of carbonyl (C=O) groups excluding carboxylic acids is 2. The molecule has 0 radical (unpaired) electrons. The molecule has 1 N–H and O–H groups in total. The van der Waals surface area contributed by atoms with Gasteiger partial charge in [-0.3, -0.25) is 4.57 Å². The summed E-state index contributed by atoms with van der Waals surface area (Å²) in [5.41, 5.74) is 0.885. The Morgan fingerprint density at radius 3 is 2.17 bits per heavy atom. The van der Waals surface area contributed by atoms with E-state index in [2.05, 4.69) is 34.6 Å². The van der Waals surface area contributed by atoms with Gasteiger partial charge in [0, 0.05) is 12.6 Å². The first-order valence-corrected chi connectivity index (χ1v) is 19.5. The van der Waals surface area contributed by atoms with Crippen LogP contribution in [0.3, 0.4) is 0 Å². The average Bonchev–Trinajstić information content (AvgIpc) is 3.32. The third-order valence-corrected chi connectivity index (χ3v) is 14.1. The Balaban J connectivity index is 0.00000384. The molecule has 0 spiro atoms. The second-order valence-electron chi connectivity index (χ2n) is 16.1. The molecule has 0 bridgehead atoms. The van der Waals surface area contributed by atoms with Gasteiger partial charge in [-0.05, 0) is 129 Å². The molecule has 0 saturated heterocycles. The van der Waals surface area contributed by atoms with Gasteiger partial charge in [0.1, 0.15) is 0 Å². The fourth-order valence-electron chi connectivity index (χ4n) is 10.6. The van der Waals surface area contributed by atoms with Crippen molar-refractivity contribution in [3.05, 3.63) is 0 Å². The Labute approximate surface area is 418 Å². The summed E-state index contributed by atoms with van der Waals surface area (Å²) in [5, 5.41) is 23.6. The quantitative estimate of drug-likeness (QED) is 0.0880. The van der Waals surface area contributed by atoms with Gasteiger partial charge in [0.2, 0.25) is 7.75 Å². The van der Waals surface area contributed by atoms with Crippen LogP contribution in [0.25, 0.3) is 0 Å². The molecule has 4 aliphatic rings. The van der Waals surface area contributed by atoms with Crippen molar-refractivity contribution in [3.8, 4) is 0 Å². The number of nitrogens with one attached hydrogen (secondary N) is 1. The number of fused-ring (bicyclic) bond motifs is 5. The topological polar surface area (TPSA) is 151 Å². The van der Waals surface area contributed by atoms with E-state index in [0.29, 0.717) is 29.8 Å². The SMILES string of the molecule is CC(C)CCC[C@@H](C)[C@H]1CC[C@H]2[C@@H]3CCC4C[C@@H](OCCCOP(=O)([O-])N[C@@H](CCC(=O)[O-])C(=O)[O-])CC[C@]4(C)[C@H]3CC[C@]12C.[K+].[K+].[K+]. The first kappa shape index (κ1) is 49.9. The van der Waals surface area contributed by atoms with Crippen molar-refractivity contribution in [1.29, 1.82) is 0 Å². The number of ether oxygens (including phenoxy) is 1. The summed E-state index contributed by atoms with van der Waals surface area (Å²) >= 11 is 0. The number of carbonyl (C=O) groups is 2. The predicted octanol–water partition coefficient (Wildman–Crippen LogP) is -4.38. The second kappa shape index (κ2) is 22.6. The maximum absolute atomic E-state index is 12.2. The van der Waals surface area contributed by atoms with Gasteiger partial charge in [-0.15, -0.1) is 0 Å². The van der Waals surface area contributed by atoms with Gasteiger partial charge in [0.25, 0.3) is 0 Å². The van der Waals surface area contributed by atoms with Gasteiger partial charge < -0.3 is 34.0 Å². The maximum Gasteiger partial charge on any atom is 1.00 e. The zero-order chi connectivity index (χ0) is 33.0. The summed E-state index contributed by atoms with van der Waals surface area (Å²) in [6.45, 7) is 12.7. The molecule has 0 heterocycles. The molecular weight excluding hydrogens is 711 g/mol. The molecule has 260 valence electrons. The summed E-state index contributed by atoms with van der Waals surface area (Å²) in [7, 11) is -4.70. The van der Waals surface area contributed by atoms with Crippen LogP contribution in [0.4, 0.5) is 0 Å². The Kier molecular flexibility index (Phi) is 23.5. The Morgan fingerprint density at radius 2 is 1.52 bits per heavy atom. The molecule has 0 aliphatic heterocycles. The van der Waals surface area contributed by atoms with Crippen LogP contribution in [0.5, 0.6) is 0 Å². The van der Waals surface area contributed by atoms with E-state index in [4.69, 9.17) is 9.26 Å². The van der Waals surface area contributed by atoms with Crippen molar-refractivity contribution in [1.82, 2.24) is 5.09 Å². The van der Waals surface area contributed by atoms with Crippen LogP contribution in [0.1, 0.15) is 131 Å². The van der Waals surface area contributed by atoms with Crippen molar-refractivity contribution >= 4 is 19.7 Å². The molecule has 4 rings (SSSR count). The van der Waals surface area contributed by atoms with Crippen molar-refractivity contribution in [2.24, 2.45) is 52.3 Å². The van der Waals surface area contributed by atoms with Gasteiger partial charge in [0.05, 0.1) is 24.7 Å². The monoisotopic (exact) mass is 769 g/mol. The Morgan fingerprint density at radius 1 is 0.854 bits per heavy atom. The minimum atomic E-state index is -4.70. The number of carboxylic acids is 2. The minimum Gasteiger partial charge on any atom is -0.766 e. The van der Waals surface area contributed by atoms with E-state index < -0.39 is 38.6 Å². The van der Waals surface area contributed by atoms with Gasteiger partial charge >= 0.3 is 154 Å². The molecule has 48 heavy (non-hydrogen) atoms. The first-order valence-electron chi connectivity index (χ1n) is 17.9. The van der Waals surface area contributed by atoms with E-state index in [-0.39, 0.29) is 167 Å². The van der Waals surface area contributed by atoms with Crippen LogP contribution in [0.2, 0.25) is 0 Å². The molecule has 0 aromatic heterocycles. The molecular formula is C35H59K3NO8P. The average molecular weight is 770 g/mol. The Bertz CT molecular complexity index is 1070. The third-order valence-electron chi connectivity index (χ3n) is 13.0. The van der Waals surface area contributed by atoms with Crippen LogP contribution < -0.4 is 174 Å². The van der Waals surface area contributed by atoms with E-state index in [1.807, 2.05) is 5.09 Å². The first-order chi connectivity index (χ1) is 21.2. The van der Waals surface area contributed by atoms with Crippen LogP contribution in [-0.2, 0) is 23.4 Å². The predicted molar refractivity (Wildman–Crippen MR) is 167 cm³/mol. The smallest absolute Gasteiger partial charge is 0.766 e. The fraction of sp³-hybridized carbons (Fsp3) is 0.943. The zero-order valence-corrected chi connectivity index (χ0v) is 41.7. The standard InChI is InChI=1S/C35H62NO8P.3K/c1-23(2)8-6-9-24(3)28-12-13-29-27-11-10-25-22-26(16-18-34(25,4)30(27)17-19-35(28,29)5)43-20-7-21-44-45(41,42)36-31(33(39)40)14-15-32(37)38;;;/h23-31H,6-22H2,1-5H3,(H,37,38)(H,39,40)(H2,36,41,42);;;/q;3*+1/p-3/t24-,25?,26+,27+,28-,29+,30+,31+,34+,35-;;;/m1.../s1. The Hall–Kier alpha value is 3.92. The summed E-state index contributed by atoms with van der Waals surface area (Å²) in [6.07, 6.45) is 15.0. The molecule has 4 saturated carbocycles. The van der Waals surface area contributed by atoms with Gasteiger partial charge in [-0.1, -0.05) is 53.9 Å². The molecule has 0 aromatic carbocycles. The minimum absolute atomic E-state index is 0. The van der Waals surface area contributed by atoms with Gasteiger partial charge in [-0.2, -0.15) is 0 Å². The van der Waals surface area contributed by atoms with Crippen LogP contribution in [-0.4, -0.2) is 37.3 Å². The van der Waals surface area contributed by atoms with Crippen molar-refractivity contribution in [2.45, 2.75) is 143 Å². The number of hydrogen-bond donors (Lipinski definition) is 1. The molecule has 4 fully saturated rings. The summed E-state index contributed by atoms with van der Waals surface area (Å²) in [6, 6.07) is -1.69. The van der Waals surface area contributed by atoms with Crippen molar-refractivity contribution in [3.63, 3.8) is 0 Å². The molecule has 0 aromatic rings. The largest absolute Gasteiger partial charge is 1.00 e. The fourth-order valence-corrected chi connectivity index (χ4v) is 11.7. The summed E-state index contributed by atoms with van der Waals surface area (Å²) < 4.78 is 23.3. The molecule has 0 amide bonds. The van der Waals surface area contributed by atoms with Crippen molar-refractivity contribution < 1.29 is 193 Å². The second-order valence-corrected chi connectivity index (χ2v) is 17.6. The summed E-state index contributed by atoms with van der Waals surface area (Å²) in [5.74, 6) is 2.54. The van der Waals surface area contributed by atoms with E-state index in [1.165, 1.54) is 64.2 Å². The molecule has 11 atom stereocenters. The maximum atomic E-state index is 12.2. The number of hydrogen-bond acceptors (Lipinski definition) is 8. The van der Waals surface area contributed by atoms with E-state index in [0.717, 1.165) is 48.3 Å². The number of rotatable bonds is 17. The van der Waals surface area contributed by atoms with Gasteiger partial charge in [-0.25, -0.2) is 5.09 Å². The van der Waals surface area contributed by atoms with Crippen molar-refractivity contribution in [2.75, 3.05) is 13.2 Å². The normalized spacial score (nSPS) is 34.9. The number of aliphatic carboxylic acids is 2. The summed E-state index contributed by atoms with van der Waals surface area (Å²) in [4.78, 5) is 33.9. The van der Waals surface area contributed by atoms with Crippen LogP contribution >= 0.6 is 7.75 Å². The van der Waals surface area contributed by atoms with Crippen LogP contribution in [0.15, 0.2) is 0 Å². The van der Waals surface area contributed by atoms with Gasteiger partial charge in [0.15, 0.2) is 0 Å². The van der Waals surface area contributed by atoms with E-state index >= 15 is 0 Å². The van der Waals surface area contributed by atoms with E-state index in [9.17, 15) is 29.3 Å². The zero-order valence-electron chi connectivity index (χ0n) is 31.4. The third kappa shape index (κ3) is 13.3. The van der Waals surface area contributed by atoms with Crippen LogP contribution in [0, 0.1) is 52.3 Å². The molecule has 2 unspecified atom stereocenters. The number of carboxylic acid groups (broad SMARTS) is 2.